The average molecular weight is 414 g/mol. The minimum Gasteiger partial charge on any atom is -0.497 e. The molecule has 0 aliphatic carbocycles. The number of anilines is 1. The molecule has 0 aliphatic heterocycles. The van der Waals surface area contributed by atoms with Gasteiger partial charge in [0.05, 0.1) is 7.11 Å². The molecule has 6 heteroatoms. The van der Waals surface area contributed by atoms with Crippen molar-refractivity contribution in [3.63, 3.8) is 0 Å². The fraction of sp³-hybridized carbons (Fsp3) is 0.0417. The van der Waals surface area contributed by atoms with Crippen LogP contribution in [0, 0.1) is 0 Å². The third kappa shape index (κ3) is 4.61. The lowest BCUT2D eigenvalue weighted by Gasteiger charge is -2.08. The molecule has 0 saturated heterocycles. The summed E-state index contributed by atoms with van der Waals surface area (Å²) in [6, 6.07) is 26.9. The molecule has 0 unspecified atom stereocenters. The summed E-state index contributed by atoms with van der Waals surface area (Å²) >= 11 is 1.34. The second-order valence-electron chi connectivity index (χ2n) is 6.43. The number of aromatic nitrogens is 2. The summed E-state index contributed by atoms with van der Waals surface area (Å²) in [5, 5.41) is 12.4. The SMILES string of the molecule is COc1ccc(/C=C(/C(=O)Nc2nnc(-c3ccccc3)s2)c2ccccc2)cc1. The van der Waals surface area contributed by atoms with Gasteiger partial charge < -0.3 is 4.74 Å². The first-order chi connectivity index (χ1) is 14.7. The van der Waals surface area contributed by atoms with Crippen molar-refractivity contribution in [3.05, 3.63) is 96.1 Å². The number of benzene rings is 3. The molecular formula is C24H19N3O2S. The van der Waals surface area contributed by atoms with E-state index in [0.29, 0.717) is 10.7 Å². The van der Waals surface area contributed by atoms with E-state index in [0.717, 1.165) is 27.4 Å². The Morgan fingerprint density at radius 1 is 0.900 bits per heavy atom. The van der Waals surface area contributed by atoms with Crippen LogP contribution in [0.2, 0.25) is 0 Å². The third-order valence-electron chi connectivity index (χ3n) is 4.42. The van der Waals surface area contributed by atoms with E-state index in [-0.39, 0.29) is 5.91 Å². The lowest BCUT2D eigenvalue weighted by molar-refractivity contribution is -0.111. The highest BCUT2D eigenvalue weighted by atomic mass is 32.1. The van der Waals surface area contributed by atoms with Crippen molar-refractivity contribution >= 4 is 34.0 Å². The maximum Gasteiger partial charge on any atom is 0.258 e. The Morgan fingerprint density at radius 2 is 1.57 bits per heavy atom. The zero-order chi connectivity index (χ0) is 20.8. The molecule has 148 valence electrons. The van der Waals surface area contributed by atoms with Gasteiger partial charge >= 0.3 is 0 Å². The van der Waals surface area contributed by atoms with Crippen LogP contribution in [0.15, 0.2) is 84.9 Å². The molecule has 0 atom stereocenters. The largest absolute Gasteiger partial charge is 0.497 e. The molecular weight excluding hydrogens is 394 g/mol. The molecule has 4 rings (SSSR count). The molecule has 1 heterocycles. The predicted molar refractivity (Wildman–Crippen MR) is 121 cm³/mol. The number of hydrogen-bond donors (Lipinski definition) is 1. The zero-order valence-corrected chi connectivity index (χ0v) is 17.1. The van der Waals surface area contributed by atoms with Crippen LogP contribution in [0.25, 0.3) is 22.2 Å². The summed E-state index contributed by atoms with van der Waals surface area (Å²) in [5.74, 6) is 0.521. The second-order valence-corrected chi connectivity index (χ2v) is 7.41. The van der Waals surface area contributed by atoms with E-state index in [1.54, 1.807) is 7.11 Å². The van der Waals surface area contributed by atoms with Gasteiger partial charge in [-0.15, -0.1) is 10.2 Å². The van der Waals surface area contributed by atoms with Crippen LogP contribution in [0.4, 0.5) is 5.13 Å². The highest BCUT2D eigenvalue weighted by molar-refractivity contribution is 7.18. The first kappa shape index (κ1) is 19.5. The van der Waals surface area contributed by atoms with Gasteiger partial charge in [-0.3, -0.25) is 10.1 Å². The Morgan fingerprint density at radius 3 is 2.23 bits per heavy atom. The molecule has 0 radical (unpaired) electrons. The van der Waals surface area contributed by atoms with Crippen molar-refractivity contribution in [2.75, 3.05) is 12.4 Å². The van der Waals surface area contributed by atoms with Gasteiger partial charge in [-0.2, -0.15) is 0 Å². The molecule has 1 aromatic heterocycles. The Labute approximate surface area is 178 Å². The number of rotatable bonds is 6. The molecule has 0 bridgehead atoms. The van der Waals surface area contributed by atoms with E-state index in [1.807, 2.05) is 91.0 Å². The highest BCUT2D eigenvalue weighted by Crippen LogP contribution is 2.27. The summed E-state index contributed by atoms with van der Waals surface area (Å²) < 4.78 is 5.21. The van der Waals surface area contributed by atoms with Crippen LogP contribution >= 0.6 is 11.3 Å². The van der Waals surface area contributed by atoms with Crippen molar-refractivity contribution in [1.82, 2.24) is 10.2 Å². The minimum absolute atomic E-state index is 0.243. The molecule has 0 fully saturated rings. The quantitative estimate of drug-likeness (QED) is 0.340. The number of amides is 1. The Hall–Kier alpha value is -3.77. The van der Waals surface area contributed by atoms with Crippen LogP contribution in [-0.4, -0.2) is 23.2 Å². The molecule has 30 heavy (non-hydrogen) atoms. The number of carbonyl (C=O) groups excluding carboxylic acids is 1. The van der Waals surface area contributed by atoms with Crippen LogP contribution in [0.5, 0.6) is 5.75 Å². The van der Waals surface area contributed by atoms with Crippen LogP contribution in [0.1, 0.15) is 11.1 Å². The molecule has 4 aromatic rings. The Bertz CT molecular complexity index is 1150. The van der Waals surface area contributed by atoms with Gasteiger partial charge in [-0.25, -0.2) is 0 Å². The summed E-state index contributed by atoms with van der Waals surface area (Å²) in [4.78, 5) is 13.1. The van der Waals surface area contributed by atoms with E-state index < -0.39 is 0 Å². The highest BCUT2D eigenvalue weighted by Gasteiger charge is 2.15. The molecule has 0 spiro atoms. The van der Waals surface area contributed by atoms with Crippen molar-refractivity contribution < 1.29 is 9.53 Å². The normalized spacial score (nSPS) is 11.2. The third-order valence-corrected chi connectivity index (χ3v) is 5.31. The standard InChI is InChI=1S/C24H19N3O2S/c1-29-20-14-12-17(13-15-20)16-21(18-8-4-2-5-9-18)22(28)25-24-27-26-23(30-24)19-10-6-3-7-11-19/h2-16H,1H3,(H,25,27,28)/b21-16+. The molecule has 0 aliphatic rings. The van der Waals surface area contributed by atoms with E-state index in [4.69, 9.17) is 4.74 Å². The van der Waals surface area contributed by atoms with Crippen molar-refractivity contribution in [1.29, 1.82) is 0 Å². The maximum absolute atomic E-state index is 13.1. The van der Waals surface area contributed by atoms with Gasteiger partial charge in [0.25, 0.3) is 5.91 Å². The fourth-order valence-electron chi connectivity index (χ4n) is 2.90. The zero-order valence-electron chi connectivity index (χ0n) is 16.3. The second kappa shape index (κ2) is 9.15. The Balaban J connectivity index is 1.61. The molecule has 1 amide bonds. The molecule has 1 N–H and O–H groups in total. The van der Waals surface area contributed by atoms with Gasteiger partial charge in [0.1, 0.15) is 10.8 Å². The number of nitrogens with one attached hydrogen (secondary N) is 1. The summed E-state index contributed by atoms with van der Waals surface area (Å²) in [5.41, 5.74) is 3.22. The average Bonchev–Trinajstić information content (AvgIpc) is 3.27. The number of ether oxygens (including phenoxy) is 1. The maximum atomic E-state index is 13.1. The smallest absolute Gasteiger partial charge is 0.258 e. The van der Waals surface area contributed by atoms with Gasteiger partial charge in [-0.05, 0) is 29.3 Å². The van der Waals surface area contributed by atoms with Crippen LogP contribution < -0.4 is 10.1 Å². The van der Waals surface area contributed by atoms with Crippen LogP contribution in [0.3, 0.4) is 0 Å². The lowest BCUT2D eigenvalue weighted by Crippen LogP contribution is -2.13. The number of nitrogens with zero attached hydrogens (tertiary/aromatic N) is 2. The predicted octanol–water partition coefficient (Wildman–Crippen LogP) is 5.39. The van der Waals surface area contributed by atoms with Gasteiger partial charge in [0.2, 0.25) is 5.13 Å². The molecule has 0 saturated carbocycles. The van der Waals surface area contributed by atoms with Gasteiger partial charge in [0, 0.05) is 11.1 Å². The topological polar surface area (TPSA) is 64.1 Å². The van der Waals surface area contributed by atoms with Gasteiger partial charge in [-0.1, -0.05) is 84.1 Å². The monoisotopic (exact) mass is 413 g/mol. The number of hydrogen-bond acceptors (Lipinski definition) is 5. The molecule has 5 nitrogen and oxygen atoms in total. The molecule has 3 aromatic carbocycles. The van der Waals surface area contributed by atoms with E-state index in [1.165, 1.54) is 11.3 Å². The van der Waals surface area contributed by atoms with Gasteiger partial charge in [0.15, 0.2) is 0 Å². The first-order valence-electron chi connectivity index (χ1n) is 9.34. The summed E-state index contributed by atoms with van der Waals surface area (Å²) in [7, 11) is 1.62. The van der Waals surface area contributed by atoms with Crippen molar-refractivity contribution in [3.8, 4) is 16.3 Å². The van der Waals surface area contributed by atoms with E-state index in [2.05, 4.69) is 15.5 Å². The number of methoxy groups -OCH3 is 1. The first-order valence-corrected chi connectivity index (χ1v) is 10.2. The summed E-state index contributed by atoms with van der Waals surface area (Å²) in [6.45, 7) is 0. The lowest BCUT2D eigenvalue weighted by atomic mass is 10.0. The summed E-state index contributed by atoms with van der Waals surface area (Å²) in [6.07, 6.45) is 1.85. The van der Waals surface area contributed by atoms with Crippen molar-refractivity contribution in [2.45, 2.75) is 0 Å². The van der Waals surface area contributed by atoms with E-state index in [9.17, 15) is 4.79 Å². The fourth-order valence-corrected chi connectivity index (χ4v) is 3.64. The Kier molecular flexibility index (Phi) is 5.96. The minimum atomic E-state index is -0.243. The van der Waals surface area contributed by atoms with Crippen LogP contribution in [-0.2, 0) is 4.79 Å². The van der Waals surface area contributed by atoms with Crippen molar-refractivity contribution in [2.24, 2.45) is 0 Å². The number of carbonyl (C=O) groups is 1. The van der Waals surface area contributed by atoms with E-state index >= 15 is 0 Å².